The lowest BCUT2D eigenvalue weighted by Crippen LogP contribution is -2.55. The van der Waals surface area contributed by atoms with E-state index in [2.05, 4.69) is 13.2 Å². The molecule has 1 atom stereocenters. The number of carbonyl (C=O) groups is 2. The SMILES string of the molecule is C=CCN(CC=C)C(=O)N1CC(C(=O)O)CC12CCOCC2. The molecule has 6 nitrogen and oxygen atoms in total. The molecule has 0 saturated carbocycles. The van der Waals surface area contributed by atoms with Crippen LogP contribution in [0.3, 0.4) is 0 Å². The molecule has 2 aliphatic heterocycles. The van der Waals surface area contributed by atoms with Crippen molar-refractivity contribution in [2.75, 3.05) is 32.8 Å². The summed E-state index contributed by atoms with van der Waals surface area (Å²) in [7, 11) is 0. The molecular weight excluding hydrogens is 284 g/mol. The van der Waals surface area contributed by atoms with Crippen molar-refractivity contribution in [1.82, 2.24) is 9.80 Å². The monoisotopic (exact) mass is 308 g/mol. The molecule has 2 aliphatic rings. The van der Waals surface area contributed by atoms with Crippen LogP contribution < -0.4 is 0 Å². The lowest BCUT2D eigenvalue weighted by Gasteiger charge is -2.43. The maximum absolute atomic E-state index is 12.9. The summed E-state index contributed by atoms with van der Waals surface area (Å²) < 4.78 is 5.40. The molecule has 122 valence electrons. The van der Waals surface area contributed by atoms with E-state index in [4.69, 9.17) is 4.74 Å². The number of hydrogen-bond donors (Lipinski definition) is 1. The highest BCUT2D eigenvalue weighted by Gasteiger charge is 2.51. The van der Waals surface area contributed by atoms with Crippen LogP contribution in [0.2, 0.25) is 0 Å². The predicted octanol–water partition coefficient (Wildman–Crippen LogP) is 1.74. The van der Waals surface area contributed by atoms with Gasteiger partial charge in [0, 0.05) is 38.4 Å². The largest absolute Gasteiger partial charge is 0.481 e. The smallest absolute Gasteiger partial charge is 0.321 e. The first kappa shape index (κ1) is 16.5. The Morgan fingerprint density at radius 1 is 1.27 bits per heavy atom. The molecule has 1 N–H and O–H groups in total. The van der Waals surface area contributed by atoms with Crippen LogP contribution in [0.5, 0.6) is 0 Å². The molecule has 2 heterocycles. The van der Waals surface area contributed by atoms with Crippen LogP contribution in [0.1, 0.15) is 19.3 Å². The van der Waals surface area contributed by atoms with Gasteiger partial charge in [0.15, 0.2) is 0 Å². The molecule has 2 amide bonds. The van der Waals surface area contributed by atoms with E-state index in [1.807, 2.05) is 0 Å². The molecule has 0 bridgehead atoms. The number of carboxylic acid groups (broad SMARTS) is 1. The van der Waals surface area contributed by atoms with E-state index in [1.165, 1.54) is 0 Å². The van der Waals surface area contributed by atoms with Gasteiger partial charge < -0.3 is 19.6 Å². The zero-order chi connectivity index (χ0) is 16.2. The maximum atomic E-state index is 12.9. The normalized spacial score (nSPS) is 23.3. The molecule has 2 fully saturated rings. The Bertz CT molecular complexity index is 447. The molecular formula is C16H24N2O4. The van der Waals surface area contributed by atoms with Gasteiger partial charge in [-0.05, 0) is 19.3 Å². The highest BCUT2D eigenvalue weighted by atomic mass is 16.5. The number of urea groups is 1. The lowest BCUT2D eigenvalue weighted by molar-refractivity contribution is -0.141. The van der Waals surface area contributed by atoms with Gasteiger partial charge in [-0.25, -0.2) is 4.79 Å². The molecule has 0 radical (unpaired) electrons. The van der Waals surface area contributed by atoms with Gasteiger partial charge in [-0.15, -0.1) is 13.2 Å². The van der Waals surface area contributed by atoms with E-state index < -0.39 is 11.9 Å². The third kappa shape index (κ3) is 3.16. The quantitative estimate of drug-likeness (QED) is 0.785. The summed E-state index contributed by atoms with van der Waals surface area (Å²) in [5.74, 6) is -1.34. The maximum Gasteiger partial charge on any atom is 0.321 e. The minimum Gasteiger partial charge on any atom is -0.481 e. The fourth-order valence-electron chi connectivity index (χ4n) is 3.43. The second-order valence-electron chi connectivity index (χ2n) is 5.95. The van der Waals surface area contributed by atoms with Crippen LogP contribution in [0, 0.1) is 5.92 Å². The van der Waals surface area contributed by atoms with Crippen molar-refractivity contribution < 1.29 is 19.4 Å². The van der Waals surface area contributed by atoms with Gasteiger partial charge in [0.2, 0.25) is 0 Å². The zero-order valence-corrected chi connectivity index (χ0v) is 12.9. The van der Waals surface area contributed by atoms with E-state index in [1.54, 1.807) is 22.0 Å². The summed E-state index contributed by atoms with van der Waals surface area (Å²) in [5.41, 5.74) is -0.390. The van der Waals surface area contributed by atoms with Gasteiger partial charge in [-0.3, -0.25) is 4.79 Å². The zero-order valence-electron chi connectivity index (χ0n) is 12.9. The Morgan fingerprint density at radius 2 is 1.86 bits per heavy atom. The molecule has 1 unspecified atom stereocenters. The van der Waals surface area contributed by atoms with Crippen LogP contribution in [0.15, 0.2) is 25.3 Å². The Morgan fingerprint density at radius 3 is 2.36 bits per heavy atom. The van der Waals surface area contributed by atoms with E-state index in [0.29, 0.717) is 45.6 Å². The van der Waals surface area contributed by atoms with Gasteiger partial charge in [0.25, 0.3) is 0 Å². The molecule has 1 spiro atoms. The molecule has 22 heavy (non-hydrogen) atoms. The first-order chi connectivity index (χ1) is 10.5. The molecule has 0 aliphatic carbocycles. The summed E-state index contributed by atoms with van der Waals surface area (Å²) >= 11 is 0. The predicted molar refractivity (Wildman–Crippen MR) is 82.6 cm³/mol. The van der Waals surface area contributed by atoms with Crippen LogP contribution in [-0.2, 0) is 9.53 Å². The summed E-state index contributed by atoms with van der Waals surface area (Å²) in [6.45, 7) is 9.60. The summed E-state index contributed by atoms with van der Waals surface area (Å²) in [4.78, 5) is 27.7. The van der Waals surface area contributed by atoms with E-state index in [0.717, 1.165) is 0 Å². The van der Waals surface area contributed by atoms with Crippen molar-refractivity contribution >= 4 is 12.0 Å². The van der Waals surface area contributed by atoms with E-state index in [-0.39, 0.29) is 18.1 Å². The van der Waals surface area contributed by atoms with Crippen molar-refractivity contribution in [3.63, 3.8) is 0 Å². The Kier molecular flexibility index (Phi) is 5.24. The highest BCUT2D eigenvalue weighted by molar-refractivity contribution is 5.79. The minimum atomic E-state index is -0.833. The van der Waals surface area contributed by atoms with Crippen molar-refractivity contribution in [3.8, 4) is 0 Å². The average molecular weight is 308 g/mol. The minimum absolute atomic E-state index is 0.134. The first-order valence-electron chi connectivity index (χ1n) is 7.63. The fraction of sp³-hybridized carbons (Fsp3) is 0.625. The number of amides is 2. The lowest BCUT2D eigenvalue weighted by atomic mass is 9.85. The Labute approximate surface area is 131 Å². The summed E-state index contributed by atoms with van der Waals surface area (Å²) in [6.07, 6.45) is 5.23. The van der Waals surface area contributed by atoms with Gasteiger partial charge >= 0.3 is 12.0 Å². The molecule has 0 aromatic heterocycles. The van der Waals surface area contributed by atoms with E-state index in [9.17, 15) is 14.7 Å². The second kappa shape index (κ2) is 6.96. The summed E-state index contributed by atoms with van der Waals surface area (Å²) in [5, 5.41) is 9.36. The van der Waals surface area contributed by atoms with Crippen molar-refractivity contribution in [2.24, 2.45) is 5.92 Å². The van der Waals surface area contributed by atoms with Crippen LogP contribution in [-0.4, -0.2) is 65.3 Å². The average Bonchev–Trinajstić information content (AvgIpc) is 2.86. The van der Waals surface area contributed by atoms with Gasteiger partial charge in [-0.1, -0.05) is 12.2 Å². The molecule has 6 heteroatoms. The number of carboxylic acids is 1. The molecule has 2 saturated heterocycles. The molecule has 0 aromatic carbocycles. The number of ether oxygens (including phenoxy) is 1. The Hall–Kier alpha value is -1.82. The van der Waals surface area contributed by atoms with Crippen LogP contribution in [0.4, 0.5) is 4.79 Å². The number of aliphatic carboxylic acids is 1. The number of hydrogen-bond acceptors (Lipinski definition) is 3. The standard InChI is InChI=1S/C16H24N2O4/c1-3-7-17(8-4-2)15(21)18-12-13(14(19)20)11-16(18)5-9-22-10-6-16/h3-4,13H,1-2,5-12H2,(H,19,20). The summed E-state index contributed by atoms with van der Waals surface area (Å²) in [6, 6.07) is -0.134. The van der Waals surface area contributed by atoms with Gasteiger partial charge in [0.1, 0.15) is 0 Å². The molecule has 0 aromatic rings. The van der Waals surface area contributed by atoms with Crippen molar-refractivity contribution in [2.45, 2.75) is 24.8 Å². The van der Waals surface area contributed by atoms with Crippen LogP contribution in [0.25, 0.3) is 0 Å². The fourth-order valence-corrected chi connectivity index (χ4v) is 3.43. The van der Waals surface area contributed by atoms with E-state index >= 15 is 0 Å². The van der Waals surface area contributed by atoms with Crippen molar-refractivity contribution in [1.29, 1.82) is 0 Å². The van der Waals surface area contributed by atoms with Gasteiger partial charge in [0.05, 0.1) is 5.92 Å². The van der Waals surface area contributed by atoms with Gasteiger partial charge in [-0.2, -0.15) is 0 Å². The number of nitrogens with zero attached hydrogens (tertiary/aromatic N) is 2. The van der Waals surface area contributed by atoms with Crippen molar-refractivity contribution in [3.05, 3.63) is 25.3 Å². The first-order valence-corrected chi connectivity index (χ1v) is 7.63. The number of rotatable bonds is 5. The Balaban J connectivity index is 2.23. The third-order valence-electron chi connectivity index (χ3n) is 4.58. The number of carbonyl (C=O) groups excluding carboxylic acids is 1. The number of likely N-dealkylation sites (tertiary alicyclic amines) is 1. The third-order valence-corrected chi connectivity index (χ3v) is 4.58. The second-order valence-corrected chi connectivity index (χ2v) is 5.95. The highest BCUT2D eigenvalue weighted by Crippen LogP contribution is 2.41. The van der Waals surface area contributed by atoms with Crippen LogP contribution >= 0.6 is 0 Å². The molecule has 2 rings (SSSR count). The topological polar surface area (TPSA) is 70.1 Å².